The summed E-state index contributed by atoms with van der Waals surface area (Å²) in [6, 6.07) is 12.4. The zero-order chi connectivity index (χ0) is 19.4. The van der Waals surface area contributed by atoms with Crippen LogP contribution >= 0.6 is 0 Å². The van der Waals surface area contributed by atoms with Crippen LogP contribution in [0.4, 0.5) is 0 Å². The Kier molecular flexibility index (Phi) is 8.15. The molecule has 0 bridgehead atoms. The molecule has 0 saturated carbocycles. The molecule has 1 fully saturated rings. The van der Waals surface area contributed by atoms with Crippen LogP contribution in [0.1, 0.15) is 16.9 Å². The van der Waals surface area contributed by atoms with Gasteiger partial charge in [-0.3, -0.25) is 4.90 Å². The first kappa shape index (κ1) is 20.2. The van der Waals surface area contributed by atoms with Gasteiger partial charge in [-0.05, 0) is 23.3 Å². The van der Waals surface area contributed by atoms with E-state index in [1.165, 1.54) is 11.1 Å². The molecule has 1 aliphatic rings. The van der Waals surface area contributed by atoms with E-state index in [-0.39, 0.29) is 0 Å². The predicted octanol–water partition coefficient (Wildman–Crippen LogP) is 2.58. The maximum Gasteiger partial charge on any atom is 0.191 e. The largest absolute Gasteiger partial charge is 0.469 e. The van der Waals surface area contributed by atoms with E-state index in [4.69, 9.17) is 14.1 Å². The molecule has 6 nitrogen and oxygen atoms in total. The van der Waals surface area contributed by atoms with Crippen molar-refractivity contribution >= 4 is 5.96 Å². The Morgan fingerprint density at radius 1 is 1.11 bits per heavy atom. The number of nitrogens with one attached hydrogen (secondary N) is 2. The second-order valence-corrected chi connectivity index (χ2v) is 6.75. The van der Waals surface area contributed by atoms with Gasteiger partial charge in [-0.15, -0.1) is 6.58 Å². The second kappa shape index (κ2) is 11.3. The third-order valence-electron chi connectivity index (χ3n) is 4.68. The van der Waals surface area contributed by atoms with Gasteiger partial charge in [0, 0.05) is 39.1 Å². The van der Waals surface area contributed by atoms with Crippen LogP contribution in [0.2, 0.25) is 0 Å². The van der Waals surface area contributed by atoms with Crippen molar-refractivity contribution in [1.29, 1.82) is 0 Å². The lowest BCUT2D eigenvalue weighted by Gasteiger charge is -2.27. The average molecular weight is 383 g/mol. The summed E-state index contributed by atoms with van der Waals surface area (Å²) in [5.41, 5.74) is 2.58. The summed E-state index contributed by atoms with van der Waals surface area (Å²) in [6.45, 7) is 10.4. The monoisotopic (exact) mass is 382 g/mol. The van der Waals surface area contributed by atoms with E-state index in [9.17, 15) is 0 Å². The molecule has 1 saturated heterocycles. The van der Waals surface area contributed by atoms with Crippen LogP contribution in [0.5, 0.6) is 0 Å². The Morgan fingerprint density at radius 2 is 1.93 bits per heavy atom. The summed E-state index contributed by atoms with van der Waals surface area (Å²) in [5, 5.41) is 6.65. The molecule has 1 aliphatic heterocycles. The molecule has 150 valence electrons. The standard InChI is InChI=1S/C22H30N4O2/c1-2-10-23-22(24-11-9-21-8-5-14-28-21)25-17-19-6-3-4-7-20(19)18-26-12-15-27-16-13-26/h2-8,14H,1,9-13,15-18H2,(H2,23,24,25). The quantitative estimate of drug-likeness (QED) is 0.397. The van der Waals surface area contributed by atoms with Crippen LogP contribution in [0.15, 0.2) is 64.7 Å². The molecule has 1 aromatic heterocycles. The summed E-state index contributed by atoms with van der Waals surface area (Å²) in [6.07, 6.45) is 4.34. The molecule has 0 unspecified atom stereocenters. The van der Waals surface area contributed by atoms with Gasteiger partial charge in [-0.2, -0.15) is 0 Å². The third kappa shape index (κ3) is 6.55. The number of rotatable bonds is 9. The summed E-state index contributed by atoms with van der Waals surface area (Å²) < 4.78 is 10.8. The van der Waals surface area contributed by atoms with Gasteiger partial charge < -0.3 is 19.8 Å². The highest BCUT2D eigenvalue weighted by molar-refractivity contribution is 5.79. The molecule has 2 heterocycles. The predicted molar refractivity (Wildman–Crippen MR) is 112 cm³/mol. The van der Waals surface area contributed by atoms with Crippen molar-refractivity contribution in [2.75, 3.05) is 39.4 Å². The number of aliphatic imine (C=N–C) groups is 1. The first-order valence-corrected chi connectivity index (χ1v) is 9.87. The van der Waals surface area contributed by atoms with Crippen molar-refractivity contribution < 1.29 is 9.15 Å². The number of benzene rings is 1. The van der Waals surface area contributed by atoms with E-state index >= 15 is 0 Å². The fourth-order valence-corrected chi connectivity index (χ4v) is 3.13. The molecule has 0 radical (unpaired) electrons. The number of nitrogens with zero attached hydrogens (tertiary/aromatic N) is 2. The van der Waals surface area contributed by atoms with Gasteiger partial charge in [-0.25, -0.2) is 4.99 Å². The smallest absolute Gasteiger partial charge is 0.191 e. The van der Waals surface area contributed by atoms with Crippen LogP contribution < -0.4 is 10.6 Å². The van der Waals surface area contributed by atoms with Gasteiger partial charge in [0.15, 0.2) is 5.96 Å². The topological polar surface area (TPSA) is 62.0 Å². The zero-order valence-corrected chi connectivity index (χ0v) is 16.4. The van der Waals surface area contributed by atoms with Gasteiger partial charge in [0.1, 0.15) is 5.76 Å². The van der Waals surface area contributed by atoms with E-state index in [1.807, 2.05) is 18.2 Å². The van der Waals surface area contributed by atoms with Crippen LogP contribution in [0.3, 0.4) is 0 Å². The Balaban J connectivity index is 1.59. The van der Waals surface area contributed by atoms with E-state index < -0.39 is 0 Å². The van der Waals surface area contributed by atoms with E-state index in [1.54, 1.807) is 6.26 Å². The molecule has 1 aromatic carbocycles. The number of hydrogen-bond donors (Lipinski definition) is 2. The van der Waals surface area contributed by atoms with Crippen LogP contribution in [-0.4, -0.2) is 50.3 Å². The van der Waals surface area contributed by atoms with Crippen molar-refractivity contribution in [2.24, 2.45) is 4.99 Å². The highest BCUT2D eigenvalue weighted by atomic mass is 16.5. The summed E-state index contributed by atoms with van der Waals surface area (Å²) in [7, 11) is 0. The van der Waals surface area contributed by atoms with Crippen molar-refractivity contribution in [3.63, 3.8) is 0 Å². The number of ether oxygens (including phenoxy) is 1. The lowest BCUT2D eigenvalue weighted by atomic mass is 10.1. The highest BCUT2D eigenvalue weighted by Gasteiger charge is 2.12. The molecule has 0 amide bonds. The van der Waals surface area contributed by atoms with Crippen LogP contribution in [0.25, 0.3) is 0 Å². The Hall–Kier alpha value is -2.57. The fraction of sp³-hybridized carbons (Fsp3) is 0.409. The molecule has 28 heavy (non-hydrogen) atoms. The maximum atomic E-state index is 5.45. The lowest BCUT2D eigenvalue weighted by Crippen LogP contribution is -2.38. The molecular weight excluding hydrogens is 352 g/mol. The Morgan fingerprint density at radius 3 is 2.68 bits per heavy atom. The molecule has 0 aliphatic carbocycles. The normalized spacial score (nSPS) is 15.4. The molecule has 0 atom stereocenters. The first-order valence-electron chi connectivity index (χ1n) is 9.87. The van der Waals surface area contributed by atoms with Crippen molar-refractivity contribution in [1.82, 2.24) is 15.5 Å². The highest BCUT2D eigenvalue weighted by Crippen LogP contribution is 2.14. The molecule has 6 heteroatoms. The number of furan rings is 1. The zero-order valence-electron chi connectivity index (χ0n) is 16.4. The van der Waals surface area contributed by atoms with E-state index in [2.05, 4.69) is 46.4 Å². The molecular formula is C22H30N4O2. The maximum absolute atomic E-state index is 5.45. The molecule has 2 N–H and O–H groups in total. The minimum Gasteiger partial charge on any atom is -0.469 e. The second-order valence-electron chi connectivity index (χ2n) is 6.75. The van der Waals surface area contributed by atoms with E-state index in [0.29, 0.717) is 13.1 Å². The van der Waals surface area contributed by atoms with Gasteiger partial charge in [0.25, 0.3) is 0 Å². The summed E-state index contributed by atoms with van der Waals surface area (Å²) >= 11 is 0. The van der Waals surface area contributed by atoms with E-state index in [0.717, 1.165) is 57.5 Å². The Bertz CT molecular complexity index is 737. The van der Waals surface area contributed by atoms with Gasteiger partial charge in [-0.1, -0.05) is 30.3 Å². The SMILES string of the molecule is C=CCNC(=NCc1ccccc1CN1CCOCC1)NCCc1ccco1. The fourth-order valence-electron chi connectivity index (χ4n) is 3.13. The first-order chi connectivity index (χ1) is 13.8. The minimum absolute atomic E-state index is 0.633. The molecule has 3 rings (SSSR count). The van der Waals surface area contributed by atoms with Crippen molar-refractivity contribution in [3.05, 3.63) is 72.2 Å². The Labute approximate surface area is 167 Å². The van der Waals surface area contributed by atoms with Crippen molar-refractivity contribution in [2.45, 2.75) is 19.5 Å². The lowest BCUT2D eigenvalue weighted by molar-refractivity contribution is 0.0341. The third-order valence-corrected chi connectivity index (χ3v) is 4.68. The van der Waals surface area contributed by atoms with Crippen LogP contribution in [0, 0.1) is 0 Å². The number of guanidine groups is 1. The molecule has 2 aromatic rings. The average Bonchev–Trinajstić information content (AvgIpc) is 3.25. The number of hydrogen-bond acceptors (Lipinski definition) is 4. The molecule has 0 spiro atoms. The van der Waals surface area contributed by atoms with Gasteiger partial charge in [0.05, 0.1) is 26.0 Å². The van der Waals surface area contributed by atoms with Crippen LogP contribution in [-0.2, 0) is 24.2 Å². The summed E-state index contributed by atoms with van der Waals surface area (Å²) in [4.78, 5) is 7.21. The van der Waals surface area contributed by atoms with Gasteiger partial charge in [0.2, 0.25) is 0 Å². The minimum atomic E-state index is 0.633. The summed E-state index contributed by atoms with van der Waals surface area (Å²) in [5.74, 6) is 1.75. The van der Waals surface area contributed by atoms with Gasteiger partial charge >= 0.3 is 0 Å². The number of morpholine rings is 1. The van der Waals surface area contributed by atoms with Crippen molar-refractivity contribution in [3.8, 4) is 0 Å².